The maximum atomic E-state index is 13.6. The number of rotatable bonds is 3. The van der Waals surface area contributed by atoms with Crippen LogP contribution in [0.2, 0.25) is 0 Å². The molecule has 110 valence electrons. The predicted octanol–water partition coefficient (Wildman–Crippen LogP) is 5.20. The average Bonchev–Trinajstić information content (AvgIpc) is 2.55. The van der Waals surface area contributed by atoms with Crippen LogP contribution in [0.15, 0.2) is 87.5 Å². The van der Waals surface area contributed by atoms with Crippen molar-refractivity contribution >= 4 is 10.9 Å². The van der Waals surface area contributed by atoms with Crippen LogP contribution in [0.4, 0.5) is 13.2 Å². The smallest absolute Gasteiger partial charge is 0.194 e. The molecular weight excluding hydrogens is 305 g/mol. The van der Waals surface area contributed by atoms with E-state index in [2.05, 4.69) is 0 Å². The van der Waals surface area contributed by atoms with E-state index in [9.17, 15) is 13.2 Å². The van der Waals surface area contributed by atoms with Gasteiger partial charge in [-0.3, -0.25) is 0 Å². The molecule has 0 fully saturated rings. The van der Waals surface area contributed by atoms with Gasteiger partial charge in [0, 0.05) is 12.1 Å². The van der Waals surface area contributed by atoms with Gasteiger partial charge >= 0.3 is 0 Å². The highest BCUT2D eigenvalue weighted by atomic mass is 32.2. The Balaban J connectivity index is 2.19. The van der Waals surface area contributed by atoms with Gasteiger partial charge in [0.05, 0.1) is 10.9 Å². The maximum Gasteiger partial charge on any atom is 0.194 e. The Morgan fingerprint density at radius 2 is 0.955 bits per heavy atom. The quantitative estimate of drug-likeness (QED) is 0.460. The highest BCUT2D eigenvalue weighted by molar-refractivity contribution is 7.97. The van der Waals surface area contributed by atoms with Gasteiger partial charge in [0.2, 0.25) is 0 Å². The van der Waals surface area contributed by atoms with Crippen LogP contribution in [0.1, 0.15) is 0 Å². The normalized spacial score (nSPS) is 10.9. The Labute approximate surface area is 129 Å². The highest BCUT2D eigenvalue weighted by Crippen LogP contribution is 2.32. The van der Waals surface area contributed by atoms with Crippen molar-refractivity contribution in [1.29, 1.82) is 0 Å². The second-order valence-corrected chi connectivity index (χ2v) is 6.66. The average molecular weight is 317 g/mol. The molecule has 0 saturated heterocycles. The third-order valence-electron chi connectivity index (χ3n) is 3.15. The molecule has 0 heterocycles. The fourth-order valence-electron chi connectivity index (χ4n) is 2.17. The van der Waals surface area contributed by atoms with E-state index in [0.717, 1.165) is 21.9 Å². The molecule has 3 aromatic carbocycles. The summed E-state index contributed by atoms with van der Waals surface area (Å²) in [5.74, 6) is -3.77. The highest BCUT2D eigenvalue weighted by Gasteiger charge is 2.30. The van der Waals surface area contributed by atoms with Gasteiger partial charge in [-0.2, -0.15) is 0 Å². The molecule has 4 heteroatoms. The van der Waals surface area contributed by atoms with Gasteiger partial charge in [0.1, 0.15) is 0 Å². The van der Waals surface area contributed by atoms with Gasteiger partial charge < -0.3 is 0 Å². The minimum Gasteiger partial charge on any atom is -0.203 e. The van der Waals surface area contributed by atoms with Crippen LogP contribution < -0.4 is 0 Å². The molecule has 0 spiro atoms. The van der Waals surface area contributed by atoms with Crippen LogP contribution in [0.5, 0.6) is 0 Å². The summed E-state index contributed by atoms with van der Waals surface area (Å²) in [5, 5.41) is 0. The Hall–Kier alpha value is -2.20. The van der Waals surface area contributed by atoms with Gasteiger partial charge in [0.15, 0.2) is 32.1 Å². The monoisotopic (exact) mass is 317 g/mol. The van der Waals surface area contributed by atoms with Crippen LogP contribution in [0.25, 0.3) is 0 Å². The summed E-state index contributed by atoms with van der Waals surface area (Å²) >= 11 is 0. The van der Waals surface area contributed by atoms with Gasteiger partial charge in [0.25, 0.3) is 0 Å². The third kappa shape index (κ3) is 2.88. The third-order valence-corrected chi connectivity index (χ3v) is 5.35. The lowest BCUT2D eigenvalue weighted by Crippen LogP contribution is -2.06. The van der Waals surface area contributed by atoms with E-state index in [0.29, 0.717) is 4.90 Å². The van der Waals surface area contributed by atoms with Gasteiger partial charge in [-0.1, -0.05) is 36.4 Å². The van der Waals surface area contributed by atoms with Gasteiger partial charge in [-0.15, -0.1) is 0 Å². The molecule has 0 aliphatic heterocycles. The van der Waals surface area contributed by atoms with Gasteiger partial charge in [-0.25, -0.2) is 13.2 Å². The lowest BCUT2D eigenvalue weighted by Gasteiger charge is -2.08. The number of hydrogen-bond donors (Lipinski definition) is 0. The van der Waals surface area contributed by atoms with E-state index < -0.39 is 28.3 Å². The van der Waals surface area contributed by atoms with Crippen molar-refractivity contribution in [3.8, 4) is 0 Å². The number of halogens is 3. The molecule has 0 N–H and O–H groups in total. The molecule has 3 aromatic rings. The molecule has 0 aliphatic carbocycles. The molecule has 0 amide bonds. The SMILES string of the molecule is Fc1cc([S+](c2ccccc2)c2ccccc2)cc(F)c1F. The Morgan fingerprint density at radius 3 is 1.36 bits per heavy atom. The topological polar surface area (TPSA) is 0 Å². The second kappa shape index (κ2) is 6.28. The molecule has 0 aliphatic rings. The molecule has 3 rings (SSSR count). The molecule has 22 heavy (non-hydrogen) atoms. The summed E-state index contributed by atoms with van der Waals surface area (Å²) in [7, 11) is -0.690. The zero-order valence-electron chi connectivity index (χ0n) is 11.5. The van der Waals surface area contributed by atoms with Crippen molar-refractivity contribution in [3.63, 3.8) is 0 Å². The van der Waals surface area contributed by atoms with Crippen LogP contribution in [-0.2, 0) is 10.9 Å². The Bertz CT molecular complexity index is 710. The first-order valence-corrected chi connectivity index (χ1v) is 7.88. The summed E-state index contributed by atoms with van der Waals surface area (Å²) in [6.45, 7) is 0. The zero-order valence-corrected chi connectivity index (χ0v) is 12.3. The van der Waals surface area contributed by atoms with Crippen LogP contribution in [0.3, 0.4) is 0 Å². The summed E-state index contributed by atoms with van der Waals surface area (Å²) in [4.78, 5) is 2.24. The lowest BCUT2D eigenvalue weighted by molar-refractivity contribution is 0.443. The van der Waals surface area contributed by atoms with Crippen LogP contribution >= 0.6 is 0 Å². The van der Waals surface area contributed by atoms with Crippen molar-refractivity contribution in [2.45, 2.75) is 14.7 Å². The summed E-state index contributed by atoms with van der Waals surface area (Å²) < 4.78 is 40.5. The number of benzene rings is 3. The minimum atomic E-state index is -1.44. The maximum absolute atomic E-state index is 13.6. The fourth-order valence-corrected chi connectivity index (χ4v) is 4.29. The van der Waals surface area contributed by atoms with Gasteiger partial charge in [-0.05, 0) is 24.3 Å². The van der Waals surface area contributed by atoms with E-state index in [1.807, 2.05) is 60.7 Å². The molecule has 0 atom stereocenters. The molecule has 0 aromatic heterocycles. The Kier molecular flexibility index (Phi) is 4.20. The van der Waals surface area contributed by atoms with E-state index in [1.54, 1.807) is 0 Å². The molecule has 0 nitrogen and oxygen atoms in total. The molecule has 0 radical (unpaired) electrons. The summed E-state index contributed by atoms with van der Waals surface area (Å²) in [6.07, 6.45) is 0. The first-order valence-electron chi connectivity index (χ1n) is 6.66. The minimum absolute atomic E-state index is 0.411. The first kappa shape index (κ1) is 14.7. The van der Waals surface area contributed by atoms with Crippen molar-refractivity contribution in [2.75, 3.05) is 0 Å². The molecular formula is C18H12F3S+. The van der Waals surface area contributed by atoms with Crippen molar-refractivity contribution < 1.29 is 13.2 Å². The fraction of sp³-hybridized carbons (Fsp3) is 0. The van der Waals surface area contributed by atoms with Crippen LogP contribution in [-0.4, -0.2) is 0 Å². The molecule has 0 saturated carbocycles. The van der Waals surface area contributed by atoms with E-state index in [4.69, 9.17) is 0 Å². The standard InChI is InChI=1S/C18H12F3S/c19-16-11-15(12-17(20)18(16)21)22(13-7-3-1-4-8-13)14-9-5-2-6-10-14/h1-12H/q+1. The zero-order chi connectivity index (χ0) is 15.5. The van der Waals surface area contributed by atoms with Crippen molar-refractivity contribution in [3.05, 3.63) is 90.2 Å². The van der Waals surface area contributed by atoms with E-state index in [-0.39, 0.29) is 0 Å². The van der Waals surface area contributed by atoms with Crippen molar-refractivity contribution in [2.24, 2.45) is 0 Å². The number of hydrogen-bond acceptors (Lipinski definition) is 0. The molecule has 0 unspecified atom stereocenters. The van der Waals surface area contributed by atoms with Crippen molar-refractivity contribution in [1.82, 2.24) is 0 Å². The lowest BCUT2D eigenvalue weighted by atomic mass is 10.3. The van der Waals surface area contributed by atoms with Crippen LogP contribution in [0, 0.1) is 17.5 Å². The van der Waals surface area contributed by atoms with E-state index >= 15 is 0 Å². The Morgan fingerprint density at radius 1 is 0.545 bits per heavy atom. The summed E-state index contributed by atoms with van der Waals surface area (Å²) in [5.41, 5.74) is 0. The second-order valence-electron chi connectivity index (χ2n) is 4.63. The summed E-state index contributed by atoms with van der Waals surface area (Å²) in [6, 6.07) is 21.0. The predicted molar refractivity (Wildman–Crippen MR) is 81.4 cm³/mol. The van der Waals surface area contributed by atoms with E-state index in [1.165, 1.54) is 0 Å². The first-order chi connectivity index (χ1) is 10.7. The largest absolute Gasteiger partial charge is 0.203 e. The molecule has 0 bridgehead atoms.